The van der Waals surface area contributed by atoms with Crippen molar-refractivity contribution in [2.24, 2.45) is 0 Å². The van der Waals surface area contributed by atoms with Gasteiger partial charge in [-0.2, -0.15) is 0 Å². The Labute approximate surface area is 78.3 Å². The van der Waals surface area contributed by atoms with Crippen molar-refractivity contribution >= 4 is 5.76 Å². The van der Waals surface area contributed by atoms with Crippen LogP contribution in [-0.2, 0) is 10.3 Å². The second kappa shape index (κ2) is 2.59. The second-order valence-electron chi connectivity index (χ2n) is 3.51. The molecule has 0 radical (unpaired) electrons. The van der Waals surface area contributed by atoms with Crippen LogP contribution >= 0.6 is 0 Å². The Kier molecular flexibility index (Phi) is 1.65. The van der Waals surface area contributed by atoms with E-state index in [4.69, 9.17) is 4.74 Å². The summed E-state index contributed by atoms with van der Waals surface area (Å²) in [6.45, 7) is 8.02. The molecule has 0 unspecified atom stereocenters. The van der Waals surface area contributed by atoms with Gasteiger partial charge in [0.15, 0.2) is 0 Å². The Morgan fingerprint density at radius 3 is 3.08 bits per heavy atom. The third-order valence-corrected chi connectivity index (χ3v) is 2.63. The topological polar surface area (TPSA) is 22.1 Å². The minimum atomic E-state index is -0.270. The molecule has 0 bridgehead atoms. The van der Waals surface area contributed by atoms with Gasteiger partial charge >= 0.3 is 0 Å². The van der Waals surface area contributed by atoms with Crippen LogP contribution in [0.5, 0.6) is 0 Å². The van der Waals surface area contributed by atoms with Gasteiger partial charge in [0.25, 0.3) is 0 Å². The third-order valence-electron chi connectivity index (χ3n) is 2.63. The summed E-state index contributed by atoms with van der Waals surface area (Å²) in [5, 5.41) is 0. The minimum absolute atomic E-state index is 0.270. The number of rotatable bonds is 1. The zero-order chi connectivity index (χ0) is 9.47. The number of pyridine rings is 1. The Bertz CT molecular complexity index is 359. The summed E-state index contributed by atoms with van der Waals surface area (Å²) in [4.78, 5) is 4.35. The van der Waals surface area contributed by atoms with Gasteiger partial charge in [0.1, 0.15) is 11.4 Å². The number of aromatic nitrogens is 1. The molecule has 0 aliphatic carbocycles. The maximum Gasteiger partial charge on any atom is 0.148 e. The predicted octanol–water partition coefficient (Wildman–Crippen LogP) is 2.71. The number of nitrogens with zero attached hydrogens (tertiary/aromatic N) is 1. The van der Waals surface area contributed by atoms with E-state index in [1.165, 1.54) is 0 Å². The van der Waals surface area contributed by atoms with E-state index < -0.39 is 0 Å². The molecule has 1 aliphatic rings. The van der Waals surface area contributed by atoms with Crippen molar-refractivity contribution in [3.8, 4) is 0 Å². The lowest BCUT2D eigenvalue weighted by molar-refractivity contribution is 0.0646. The van der Waals surface area contributed by atoms with E-state index in [-0.39, 0.29) is 5.60 Å². The first-order valence-corrected chi connectivity index (χ1v) is 4.51. The molecule has 2 rings (SSSR count). The Balaban J connectivity index is 2.59. The SMILES string of the molecule is C=C1O[C@](C)(CC)c2ncccc21. The van der Waals surface area contributed by atoms with E-state index in [9.17, 15) is 0 Å². The lowest BCUT2D eigenvalue weighted by atomic mass is 9.97. The number of hydrogen-bond acceptors (Lipinski definition) is 2. The zero-order valence-corrected chi connectivity index (χ0v) is 8.00. The summed E-state index contributed by atoms with van der Waals surface area (Å²) in [7, 11) is 0. The van der Waals surface area contributed by atoms with Gasteiger partial charge in [0, 0.05) is 11.8 Å². The van der Waals surface area contributed by atoms with Gasteiger partial charge in [-0.25, -0.2) is 0 Å². The Morgan fingerprint density at radius 1 is 1.62 bits per heavy atom. The van der Waals surface area contributed by atoms with Crippen molar-refractivity contribution in [3.05, 3.63) is 36.2 Å². The van der Waals surface area contributed by atoms with E-state index in [0.717, 1.165) is 23.4 Å². The van der Waals surface area contributed by atoms with Gasteiger partial charge < -0.3 is 4.74 Å². The molecule has 0 spiro atoms. The van der Waals surface area contributed by atoms with Crippen LogP contribution < -0.4 is 0 Å². The molecule has 1 atom stereocenters. The predicted molar refractivity (Wildman–Crippen MR) is 52.0 cm³/mol. The zero-order valence-electron chi connectivity index (χ0n) is 8.00. The third kappa shape index (κ3) is 1.05. The van der Waals surface area contributed by atoms with Crippen molar-refractivity contribution in [2.75, 3.05) is 0 Å². The van der Waals surface area contributed by atoms with Gasteiger partial charge in [0.2, 0.25) is 0 Å². The van der Waals surface area contributed by atoms with Crippen LogP contribution in [0.25, 0.3) is 5.76 Å². The van der Waals surface area contributed by atoms with Gasteiger partial charge in [-0.1, -0.05) is 13.5 Å². The fraction of sp³-hybridized carbons (Fsp3) is 0.364. The molecule has 2 heteroatoms. The lowest BCUT2D eigenvalue weighted by Crippen LogP contribution is -2.20. The van der Waals surface area contributed by atoms with Crippen molar-refractivity contribution in [1.29, 1.82) is 0 Å². The molecule has 0 N–H and O–H groups in total. The van der Waals surface area contributed by atoms with Crippen LogP contribution in [0, 0.1) is 0 Å². The summed E-state index contributed by atoms with van der Waals surface area (Å²) in [6.07, 6.45) is 2.71. The van der Waals surface area contributed by atoms with Crippen LogP contribution in [-0.4, -0.2) is 4.98 Å². The maximum absolute atomic E-state index is 5.71. The number of fused-ring (bicyclic) bond motifs is 1. The molecule has 0 saturated carbocycles. The fourth-order valence-electron chi connectivity index (χ4n) is 1.67. The molecule has 1 aromatic heterocycles. The summed E-state index contributed by atoms with van der Waals surface area (Å²) < 4.78 is 5.71. The normalized spacial score (nSPS) is 25.5. The molecule has 2 nitrogen and oxygen atoms in total. The standard InChI is InChI=1S/C11H13NO/c1-4-11(3)10-9(8(2)13-11)6-5-7-12-10/h5-7H,2,4H2,1,3H3/t11-/m1/s1. The van der Waals surface area contributed by atoms with E-state index in [0.29, 0.717) is 0 Å². The monoisotopic (exact) mass is 175 g/mol. The average Bonchev–Trinajstić information content (AvgIpc) is 2.42. The van der Waals surface area contributed by atoms with Crippen molar-refractivity contribution < 1.29 is 4.74 Å². The van der Waals surface area contributed by atoms with Gasteiger partial charge in [0.05, 0.1) is 5.69 Å². The van der Waals surface area contributed by atoms with Crippen molar-refractivity contribution in [1.82, 2.24) is 4.98 Å². The number of ether oxygens (including phenoxy) is 1. The summed E-state index contributed by atoms with van der Waals surface area (Å²) in [5.74, 6) is 0.743. The molecule has 68 valence electrons. The van der Waals surface area contributed by atoms with E-state index in [1.54, 1.807) is 6.20 Å². The van der Waals surface area contributed by atoms with E-state index in [2.05, 4.69) is 25.4 Å². The van der Waals surface area contributed by atoms with Crippen molar-refractivity contribution in [3.63, 3.8) is 0 Å². The molecule has 0 amide bonds. The highest BCUT2D eigenvalue weighted by atomic mass is 16.5. The lowest BCUT2D eigenvalue weighted by Gasteiger charge is -2.21. The van der Waals surface area contributed by atoms with Crippen LogP contribution in [0.15, 0.2) is 24.9 Å². The first-order valence-electron chi connectivity index (χ1n) is 4.51. The van der Waals surface area contributed by atoms with Crippen molar-refractivity contribution in [2.45, 2.75) is 25.9 Å². The van der Waals surface area contributed by atoms with Crippen LogP contribution in [0.3, 0.4) is 0 Å². The molecular formula is C11H13NO. The van der Waals surface area contributed by atoms with E-state index in [1.807, 2.05) is 12.1 Å². The Hall–Kier alpha value is -1.31. The van der Waals surface area contributed by atoms with Gasteiger partial charge in [-0.3, -0.25) is 4.98 Å². The molecule has 1 aromatic rings. The summed E-state index contributed by atoms with van der Waals surface area (Å²) >= 11 is 0. The highest BCUT2D eigenvalue weighted by molar-refractivity contribution is 5.64. The smallest absolute Gasteiger partial charge is 0.148 e. The van der Waals surface area contributed by atoms with Crippen LogP contribution in [0.1, 0.15) is 31.5 Å². The van der Waals surface area contributed by atoms with Crippen LogP contribution in [0.4, 0.5) is 0 Å². The first-order chi connectivity index (χ1) is 6.17. The largest absolute Gasteiger partial charge is 0.481 e. The Morgan fingerprint density at radius 2 is 2.38 bits per heavy atom. The minimum Gasteiger partial charge on any atom is -0.481 e. The molecule has 0 saturated heterocycles. The molecule has 2 heterocycles. The van der Waals surface area contributed by atoms with Crippen LogP contribution in [0.2, 0.25) is 0 Å². The second-order valence-corrected chi connectivity index (χ2v) is 3.51. The van der Waals surface area contributed by atoms with Gasteiger partial charge in [-0.15, -0.1) is 0 Å². The quantitative estimate of drug-likeness (QED) is 0.654. The van der Waals surface area contributed by atoms with Gasteiger partial charge in [-0.05, 0) is 25.5 Å². The molecule has 1 aliphatic heterocycles. The van der Waals surface area contributed by atoms with E-state index >= 15 is 0 Å². The average molecular weight is 175 g/mol. The summed E-state index contributed by atoms with van der Waals surface area (Å²) in [6, 6.07) is 3.92. The fourth-order valence-corrected chi connectivity index (χ4v) is 1.67. The summed E-state index contributed by atoms with van der Waals surface area (Å²) in [5.41, 5.74) is 1.79. The first kappa shape index (κ1) is 8.30. The molecule has 0 fully saturated rings. The number of hydrogen-bond donors (Lipinski definition) is 0. The highest BCUT2D eigenvalue weighted by Gasteiger charge is 2.38. The molecular weight excluding hydrogens is 162 g/mol. The highest BCUT2D eigenvalue weighted by Crippen LogP contribution is 2.42. The molecule has 0 aromatic carbocycles. The molecule has 13 heavy (non-hydrogen) atoms. The maximum atomic E-state index is 5.71.